The zero-order valence-corrected chi connectivity index (χ0v) is 12.9. The third-order valence-corrected chi connectivity index (χ3v) is 4.34. The van der Waals surface area contributed by atoms with Gasteiger partial charge in [0.1, 0.15) is 5.75 Å². The highest BCUT2D eigenvalue weighted by Crippen LogP contribution is 2.16. The number of hydrogen-bond acceptors (Lipinski definition) is 5. The number of morpholine rings is 1. The minimum Gasteiger partial charge on any atom is -0.484 e. The van der Waals surface area contributed by atoms with Crippen LogP contribution in [0.3, 0.4) is 0 Å². The van der Waals surface area contributed by atoms with Gasteiger partial charge < -0.3 is 14.4 Å². The summed E-state index contributed by atoms with van der Waals surface area (Å²) in [6.45, 7) is 3.53. The van der Waals surface area contributed by atoms with Gasteiger partial charge in [-0.15, -0.1) is 0 Å². The predicted molar refractivity (Wildman–Crippen MR) is 77.0 cm³/mol. The van der Waals surface area contributed by atoms with Crippen LogP contribution in [0.5, 0.6) is 5.75 Å². The Morgan fingerprint density at radius 3 is 2.62 bits per heavy atom. The Hall–Kier alpha value is -1.60. The normalized spacial score (nSPS) is 19.3. The molecule has 1 saturated heterocycles. The van der Waals surface area contributed by atoms with Crippen LogP contribution in [0.25, 0.3) is 0 Å². The highest BCUT2D eigenvalue weighted by molar-refractivity contribution is 7.90. The van der Waals surface area contributed by atoms with Crippen LogP contribution in [0.15, 0.2) is 29.2 Å². The fourth-order valence-electron chi connectivity index (χ4n) is 2.06. The van der Waals surface area contributed by atoms with Crippen molar-refractivity contribution in [3.63, 3.8) is 0 Å². The van der Waals surface area contributed by atoms with Crippen LogP contribution >= 0.6 is 0 Å². The maximum absolute atomic E-state index is 12.0. The van der Waals surface area contributed by atoms with Gasteiger partial charge in [0.05, 0.1) is 17.6 Å². The SMILES string of the molecule is C[C@@H]1CN(C(=O)COc2ccc(S(C)(=O)=O)cc2)CCO1. The monoisotopic (exact) mass is 313 g/mol. The van der Waals surface area contributed by atoms with Crippen LogP contribution < -0.4 is 4.74 Å². The van der Waals surface area contributed by atoms with Gasteiger partial charge in [0.2, 0.25) is 0 Å². The van der Waals surface area contributed by atoms with E-state index in [4.69, 9.17) is 9.47 Å². The minimum absolute atomic E-state index is 0.0387. The number of ether oxygens (including phenoxy) is 2. The molecule has 1 amide bonds. The van der Waals surface area contributed by atoms with E-state index in [1.54, 1.807) is 17.0 Å². The maximum atomic E-state index is 12.0. The average molecular weight is 313 g/mol. The third-order valence-electron chi connectivity index (χ3n) is 3.21. The van der Waals surface area contributed by atoms with Gasteiger partial charge in [-0.1, -0.05) is 0 Å². The fourth-order valence-corrected chi connectivity index (χ4v) is 2.69. The number of hydrogen-bond donors (Lipinski definition) is 0. The van der Waals surface area contributed by atoms with Crippen LogP contribution in [0, 0.1) is 0 Å². The van der Waals surface area contributed by atoms with E-state index >= 15 is 0 Å². The minimum atomic E-state index is -3.22. The van der Waals surface area contributed by atoms with Crippen molar-refractivity contribution in [2.45, 2.75) is 17.9 Å². The average Bonchev–Trinajstić information content (AvgIpc) is 2.44. The molecule has 0 N–H and O–H groups in total. The van der Waals surface area contributed by atoms with E-state index in [0.29, 0.717) is 25.4 Å². The third kappa shape index (κ3) is 4.44. The molecular weight excluding hydrogens is 294 g/mol. The zero-order valence-electron chi connectivity index (χ0n) is 12.1. The molecule has 2 rings (SSSR count). The van der Waals surface area contributed by atoms with Gasteiger partial charge >= 0.3 is 0 Å². The summed E-state index contributed by atoms with van der Waals surface area (Å²) in [7, 11) is -3.22. The van der Waals surface area contributed by atoms with E-state index in [2.05, 4.69) is 0 Å². The van der Waals surface area contributed by atoms with Gasteiger partial charge in [-0.2, -0.15) is 0 Å². The smallest absolute Gasteiger partial charge is 0.260 e. The molecule has 1 aromatic carbocycles. The maximum Gasteiger partial charge on any atom is 0.260 e. The van der Waals surface area contributed by atoms with E-state index in [1.165, 1.54) is 12.1 Å². The van der Waals surface area contributed by atoms with Crippen molar-refractivity contribution in [2.24, 2.45) is 0 Å². The predicted octanol–water partition coefficient (Wildman–Crippen LogP) is 0.716. The molecule has 0 saturated carbocycles. The largest absolute Gasteiger partial charge is 0.484 e. The lowest BCUT2D eigenvalue weighted by Gasteiger charge is -2.31. The number of benzene rings is 1. The van der Waals surface area contributed by atoms with Gasteiger partial charge in [-0.05, 0) is 31.2 Å². The molecule has 0 spiro atoms. The Morgan fingerprint density at radius 2 is 2.05 bits per heavy atom. The molecule has 0 aliphatic carbocycles. The van der Waals surface area contributed by atoms with Crippen molar-refractivity contribution in [3.8, 4) is 5.75 Å². The lowest BCUT2D eigenvalue weighted by Crippen LogP contribution is -2.46. The molecule has 21 heavy (non-hydrogen) atoms. The van der Waals surface area contributed by atoms with Gasteiger partial charge in [-0.3, -0.25) is 4.79 Å². The van der Waals surface area contributed by atoms with Crippen molar-refractivity contribution in [2.75, 3.05) is 32.6 Å². The number of rotatable bonds is 4. The molecule has 0 bridgehead atoms. The molecule has 7 heteroatoms. The molecule has 1 aliphatic rings. The van der Waals surface area contributed by atoms with Gasteiger partial charge in [0.25, 0.3) is 5.91 Å². The molecule has 116 valence electrons. The number of carbonyl (C=O) groups is 1. The quantitative estimate of drug-likeness (QED) is 0.819. The Morgan fingerprint density at radius 1 is 1.38 bits per heavy atom. The van der Waals surface area contributed by atoms with E-state index in [1.807, 2.05) is 6.92 Å². The number of nitrogens with zero attached hydrogens (tertiary/aromatic N) is 1. The van der Waals surface area contributed by atoms with Crippen molar-refractivity contribution in [1.82, 2.24) is 4.90 Å². The molecule has 0 radical (unpaired) electrons. The van der Waals surface area contributed by atoms with Crippen molar-refractivity contribution in [3.05, 3.63) is 24.3 Å². The standard InChI is InChI=1S/C14H19NO5S/c1-11-9-15(7-8-19-11)14(16)10-20-12-3-5-13(6-4-12)21(2,17)18/h3-6,11H,7-10H2,1-2H3/t11-/m1/s1. The van der Waals surface area contributed by atoms with Gasteiger partial charge in [0, 0.05) is 19.3 Å². The summed E-state index contributed by atoms with van der Waals surface area (Å²) in [6, 6.07) is 6.02. The Labute approximate surface area is 124 Å². The van der Waals surface area contributed by atoms with Crippen molar-refractivity contribution in [1.29, 1.82) is 0 Å². The second-order valence-electron chi connectivity index (χ2n) is 5.05. The summed E-state index contributed by atoms with van der Waals surface area (Å²) in [5.41, 5.74) is 0. The van der Waals surface area contributed by atoms with Crippen LogP contribution in [-0.4, -0.2) is 57.9 Å². The fraction of sp³-hybridized carbons (Fsp3) is 0.500. The number of carbonyl (C=O) groups excluding carboxylic acids is 1. The molecule has 1 aromatic rings. The molecule has 1 heterocycles. The first-order valence-electron chi connectivity index (χ1n) is 6.68. The van der Waals surface area contributed by atoms with Crippen molar-refractivity contribution >= 4 is 15.7 Å². The first kappa shape index (κ1) is 15.8. The molecule has 1 atom stereocenters. The molecule has 0 unspecified atom stereocenters. The van der Waals surface area contributed by atoms with Crippen LogP contribution in [0.2, 0.25) is 0 Å². The summed E-state index contributed by atoms with van der Waals surface area (Å²) in [4.78, 5) is 13.9. The van der Waals surface area contributed by atoms with Crippen LogP contribution in [0.1, 0.15) is 6.92 Å². The summed E-state index contributed by atoms with van der Waals surface area (Å²) >= 11 is 0. The Balaban J connectivity index is 1.89. The molecular formula is C14H19NO5S. The molecule has 1 aliphatic heterocycles. The second-order valence-corrected chi connectivity index (χ2v) is 7.07. The van der Waals surface area contributed by atoms with E-state index in [9.17, 15) is 13.2 Å². The summed E-state index contributed by atoms with van der Waals surface area (Å²) in [5.74, 6) is 0.370. The lowest BCUT2D eigenvalue weighted by molar-refractivity contribution is -0.140. The Bertz CT molecular complexity index is 596. The summed E-state index contributed by atoms with van der Waals surface area (Å²) < 4.78 is 33.4. The highest BCUT2D eigenvalue weighted by Gasteiger charge is 2.21. The molecule has 6 nitrogen and oxygen atoms in total. The van der Waals surface area contributed by atoms with Crippen LogP contribution in [-0.2, 0) is 19.4 Å². The number of sulfone groups is 1. The van der Waals surface area contributed by atoms with E-state index in [-0.39, 0.29) is 23.5 Å². The first-order chi connectivity index (χ1) is 9.86. The van der Waals surface area contributed by atoms with Gasteiger partial charge in [0.15, 0.2) is 16.4 Å². The van der Waals surface area contributed by atoms with E-state index < -0.39 is 9.84 Å². The van der Waals surface area contributed by atoms with E-state index in [0.717, 1.165) is 6.26 Å². The van der Waals surface area contributed by atoms with Crippen molar-refractivity contribution < 1.29 is 22.7 Å². The number of amides is 1. The topological polar surface area (TPSA) is 72.9 Å². The van der Waals surface area contributed by atoms with Crippen LogP contribution in [0.4, 0.5) is 0 Å². The second kappa shape index (κ2) is 6.44. The van der Waals surface area contributed by atoms with Gasteiger partial charge in [-0.25, -0.2) is 8.42 Å². The summed E-state index contributed by atoms with van der Waals surface area (Å²) in [5, 5.41) is 0. The zero-order chi connectivity index (χ0) is 15.5. The summed E-state index contributed by atoms with van der Waals surface area (Å²) in [6.07, 6.45) is 1.18. The first-order valence-corrected chi connectivity index (χ1v) is 8.57. The lowest BCUT2D eigenvalue weighted by atomic mass is 10.3. The molecule has 0 aromatic heterocycles. The Kier molecular flexibility index (Phi) is 4.84. The molecule has 1 fully saturated rings. The highest BCUT2D eigenvalue weighted by atomic mass is 32.2.